The number of rotatable bonds is 7. The molecule has 1 amide bonds. The highest BCUT2D eigenvalue weighted by molar-refractivity contribution is 8.01. The van der Waals surface area contributed by atoms with Crippen molar-refractivity contribution in [3.8, 4) is 28.3 Å². The van der Waals surface area contributed by atoms with Crippen molar-refractivity contribution in [2.45, 2.75) is 4.34 Å². The van der Waals surface area contributed by atoms with Crippen molar-refractivity contribution in [2.24, 2.45) is 0 Å². The normalized spacial score (nSPS) is 10.8. The second-order valence-electron chi connectivity index (χ2n) is 7.15. The quantitative estimate of drug-likeness (QED) is 0.197. The number of benzene rings is 3. The van der Waals surface area contributed by atoms with Crippen LogP contribution in [0.1, 0.15) is 0 Å². The Hall–Kier alpha value is -3.53. The van der Waals surface area contributed by atoms with Crippen LogP contribution in [-0.4, -0.2) is 26.4 Å². The van der Waals surface area contributed by atoms with Crippen LogP contribution in [0, 0.1) is 3.95 Å². The number of oxazole rings is 1. The predicted octanol–water partition coefficient (Wildman–Crippen LogP) is 6.72. The standard InChI is InChI=1S/C25H18N4O2S3/c30-20(16-33-24-28-29(25(32)34-24)19-14-8-3-9-15-19)26-23-27-21(17-10-4-1-5-11-17)22(31-23)18-12-6-2-7-13-18/h1-15H,16H2,(H,26,27,30). The fraction of sp³-hybridized carbons (Fsp3) is 0.0400. The van der Waals surface area contributed by atoms with Crippen LogP contribution in [0.5, 0.6) is 0 Å². The largest absolute Gasteiger partial charge is 0.423 e. The summed E-state index contributed by atoms with van der Waals surface area (Å²) in [6.45, 7) is 0. The lowest BCUT2D eigenvalue weighted by Gasteiger charge is -2.01. The zero-order valence-electron chi connectivity index (χ0n) is 17.8. The summed E-state index contributed by atoms with van der Waals surface area (Å²) in [5, 5.41) is 7.30. The maximum atomic E-state index is 12.7. The van der Waals surface area contributed by atoms with E-state index in [-0.39, 0.29) is 17.7 Å². The third-order valence-corrected chi connectivity index (χ3v) is 7.18. The molecule has 34 heavy (non-hydrogen) atoms. The highest BCUT2D eigenvalue weighted by Gasteiger charge is 2.18. The molecule has 2 aromatic heterocycles. The monoisotopic (exact) mass is 502 g/mol. The number of para-hydroxylation sites is 1. The van der Waals surface area contributed by atoms with Gasteiger partial charge in [-0.1, -0.05) is 102 Å². The lowest BCUT2D eigenvalue weighted by atomic mass is 10.1. The van der Waals surface area contributed by atoms with Gasteiger partial charge in [0.25, 0.3) is 0 Å². The topological polar surface area (TPSA) is 73.0 Å². The van der Waals surface area contributed by atoms with Gasteiger partial charge in [-0.05, 0) is 24.4 Å². The van der Waals surface area contributed by atoms with Crippen molar-refractivity contribution in [1.82, 2.24) is 14.8 Å². The van der Waals surface area contributed by atoms with Gasteiger partial charge in [-0.25, -0.2) is 4.68 Å². The molecule has 3 aromatic carbocycles. The van der Waals surface area contributed by atoms with Gasteiger partial charge < -0.3 is 4.42 Å². The number of carbonyl (C=O) groups excluding carboxylic acids is 1. The minimum absolute atomic E-state index is 0.154. The molecule has 2 heterocycles. The second-order valence-corrected chi connectivity index (χ2v) is 9.99. The van der Waals surface area contributed by atoms with Crippen molar-refractivity contribution in [2.75, 3.05) is 11.1 Å². The van der Waals surface area contributed by atoms with Gasteiger partial charge in [-0.3, -0.25) is 10.1 Å². The highest BCUT2D eigenvalue weighted by atomic mass is 32.2. The van der Waals surface area contributed by atoms with Crippen molar-refractivity contribution < 1.29 is 9.21 Å². The Morgan fingerprint density at radius 2 is 1.56 bits per heavy atom. The van der Waals surface area contributed by atoms with Crippen LogP contribution >= 0.6 is 35.3 Å². The third-order valence-electron chi connectivity index (χ3n) is 4.81. The SMILES string of the molecule is O=C(CSc1nn(-c2ccccc2)c(=S)s1)Nc1nc(-c2ccccc2)c(-c2ccccc2)o1. The van der Waals surface area contributed by atoms with Gasteiger partial charge in [0.15, 0.2) is 14.1 Å². The Bertz CT molecular complexity index is 1410. The molecule has 168 valence electrons. The summed E-state index contributed by atoms with van der Waals surface area (Å²) < 4.78 is 9.01. The molecule has 0 radical (unpaired) electrons. The summed E-state index contributed by atoms with van der Waals surface area (Å²) in [5.41, 5.74) is 3.36. The van der Waals surface area contributed by atoms with E-state index >= 15 is 0 Å². The number of anilines is 1. The van der Waals surface area contributed by atoms with Crippen LogP contribution in [0.25, 0.3) is 28.3 Å². The molecule has 5 rings (SSSR count). The Kier molecular flexibility index (Phi) is 6.66. The average molecular weight is 503 g/mol. The molecule has 0 saturated carbocycles. The molecule has 5 aromatic rings. The van der Waals surface area contributed by atoms with E-state index < -0.39 is 0 Å². The van der Waals surface area contributed by atoms with Crippen LogP contribution in [0.2, 0.25) is 0 Å². The van der Waals surface area contributed by atoms with Crippen LogP contribution < -0.4 is 5.32 Å². The summed E-state index contributed by atoms with van der Waals surface area (Å²) in [5.74, 6) is 0.521. The molecule has 0 aliphatic rings. The zero-order valence-corrected chi connectivity index (χ0v) is 20.2. The second kappa shape index (κ2) is 10.2. The van der Waals surface area contributed by atoms with Gasteiger partial charge >= 0.3 is 6.01 Å². The molecule has 0 unspecified atom stereocenters. The van der Waals surface area contributed by atoms with Crippen LogP contribution in [0.3, 0.4) is 0 Å². The van der Waals surface area contributed by atoms with Gasteiger partial charge in [-0.2, -0.15) is 4.98 Å². The molecule has 6 nitrogen and oxygen atoms in total. The Morgan fingerprint density at radius 3 is 2.24 bits per heavy atom. The molecular weight excluding hydrogens is 485 g/mol. The third kappa shape index (κ3) is 5.01. The number of thioether (sulfide) groups is 1. The fourth-order valence-electron chi connectivity index (χ4n) is 3.28. The van der Waals surface area contributed by atoms with Gasteiger partial charge in [0.05, 0.1) is 11.4 Å². The van der Waals surface area contributed by atoms with E-state index in [4.69, 9.17) is 16.6 Å². The maximum Gasteiger partial charge on any atom is 0.302 e. The van der Waals surface area contributed by atoms with E-state index in [1.54, 1.807) is 4.68 Å². The predicted molar refractivity (Wildman–Crippen MR) is 139 cm³/mol. The van der Waals surface area contributed by atoms with Crippen LogP contribution in [0.15, 0.2) is 99.8 Å². The maximum absolute atomic E-state index is 12.7. The van der Waals surface area contributed by atoms with E-state index in [2.05, 4.69) is 15.4 Å². The van der Waals surface area contributed by atoms with E-state index in [0.29, 0.717) is 19.7 Å². The van der Waals surface area contributed by atoms with Gasteiger partial charge in [-0.15, -0.1) is 5.10 Å². The Morgan fingerprint density at radius 1 is 0.941 bits per heavy atom. The molecule has 0 spiro atoms. The first-order valence-electron chi connectivity index (χ1n) is 10.4. The number of hydrogen-bond donors (Lipinski definition) is 1. The lowest BCUT2D eigenvalue weighted by Crippen LogP contribution is -2.14. The summed E-state index contributed by atoms with van der Waals surface area (Å²) >= 11 is 8.12. The molecule has 0 atom stereocenters. The van der Waals surface area contributed by atoms with E-state index in [9.17, 15) is 4.79 Å². The van der Waals surface area contributed by atoms with E-state index in [1.807, 2.05) is 91.0 Å². The number of nitrogens with one attached hydrogen (secondary N) is 1. The summed E-state index contributed by atoms with van der Waals surface area (Å²) in [7, 11) is 0. The zero-order chi connectivity index (χ0) is 23.3. The number of hydrogen-bond acceptors (Lipinski definition) is 7. The molecule has 0 fully saturated rings. The van der Waals surface area contributed by atoms with E-state index in [1.165, 1.54) is 23.1 Å². The molecular formula is C25H18N4O2S3. The van der Waals surface area contributed by atoms with Crippen LogP contribution in [0.4, 0.5) is 6.01 Å². The minimum Gasteiger partial charge on any atom is -0.423 e. The fourth-order valence-corrected chi connectivity index (χ4v) is 5.45. The Labute approximate surface area is 209 Å². The first-order valence-corrected chi connectivity index (χ1v) is 12.6. The van der Waals surface area contributed by atoms with Crippen molar-refractivity contribution >= 4 is 47.2 Å². The highest BCUT2D eigenvalue weighted by Crippen LogP contribution is 2.34. The van der Waals surface area contributed by atoms with Crippen molar-refractivity contribution in [3.63, 3.8) is 0 Å². The van der Waals surface area contributed by atoms with E-state index in [0.717, 1.165) is 16.8 Å². The number of aromatic nitrogens is 3. The summed E-state index contributed by atoms with van der Waals surface area (Å²) in [4.78, 5) is 17.2. The average Bonchev–Trinajstić information content (AvgIpc) is 3.48. The first kappa shape index (κ1) is 22.3. The molecule has 0 bridgehead atoms. The van der Waals surface area contributed by atoms with Gasteiger partial charge in [0.1, 0.15) is 5.69 Å². The van der Waals surface area contributed by atoms with Gasteiger partial charge in [0, 0.05) is 11.1 Å². The smallest absolute Gasteiger partial charge is 0.302 e. The number of carbonyl (C=O) groups is 1. The van der Waals surface area contributed by atoms with Crippen molar-refractivity contribution in [1.29, 1.82) is 0 Å². The molecule has 0 saturated heterocycles. The van der Waals surface area contributed by atoms with Crippen molar-refractivity contribution in [3.05, 3.63) is 94.9 Å². The Balaban J connectivity index is 1.32. The molecule has 9 heteroatoms. The summed E-state index contributed by atoms with van der Waals surface area (Å²) in [6.07, 6.45) is 0. The minimum atomic E-state index is -0.238. The molecule has 0 aliphatic heterocycles. The van der Waals surface area contributed by atoms with Gasteiger partial charge in [0.2, 0.25) is 5.91 Å². The molecule has 1 N–H and O–H groups in total. The number of nitrogens with zero attached hydrogens (tertiary/aromatic N) is 3. The summed E-state index contributed by atoms with van der Waals surface area (Å²) in [6, 6.07) is 29.3. The lowest BCUT2D eigenvalue weighted by molar-refractivity contribution is -0.113. The van der Waals surface area contributed by atoms with Crippen LogP contribution in [-0.2, 0) is 4.79 Å². The number of amides is 1. The first-order chi connectivity index (χ1) is 16.7. The molecule has 0 aliphatic carbocycles.